The number of unbranched alkanes of at least 4 members (excludes halogenated alkanes) is 1. The van der Waals surface area contributed by atoms with Crippen LogP contribution in [0.3, 0.4) is 0 Å². The maximum Gasteiger partial charge on any atom is 0.250 e. The average Bonchev–Trinajstić information content (AvgIpc) is 3.20. The van der Waals surface area contributed by atoms with Crippen molar-refractivity contribution < 1.29 is 14.4 Å². The molecule has 0 saturated carbocycles. The van der Waals surface area contributed by atoms with E-state index in [1.807, 2.05) is 20.8 Å². The highest BCUT2D eigenvalue weighted by molar-refractivity contribution is 6.31. The van der Waals surface area contributed by atoms with Crippen LogP contribution < -0.4 is 10.6 Å². The topological polar surface area (TPSA) is 78.5 Å². The largest absolute Gasteiger partial charge is 0.324 e. The molecular weight excluding hydrogens is 366 g/mol. The molecule has 3 aliphatic heterocycles. The Kier molecular flexibility index (Phi) is 4.31. The molecule has 2 N–H and O–H groups in total. The number of benzene rings is 1. The van der Waals surface area contributed by atoms with Gasteiger partial charge in [0.2, 0.25) is 17.7 Å². The number of imide groups is 1. The van der Waals surface area contributed by atoms with Crippen LogP contribution in [0.4, 0.5) is 5.69 Å². The SMILES string of the molecule is CCCCN1C(=O)[C@H]2[C@@H](C(C)C)N[C@@]3(C(=O)Nc4ccc(Cl)cc43)[C@H]2C1=O. The number of halogens is 1. The van der Waals surface area contributed by atoms with Crippen molar-refractivity contribution in [2.24, 2.45) is 17.8 Å². The molecule has 1 aromatic carbocycles. The van der Waals surface area contributed by atoms with E-state index in [1.165, 1.54) is 4.90 Å². The molecule has 6 nitrogen and oxygen atoms in total. The number of carbonyl (C=O) groups excluding carboxylic acids is 3. The van der Waals surface area contributed by atoms with Gasteiger partial charge in [0.1, 0.15) is 5.54 Å². The molecule has 0 radical (unpaired) electrons. The van der Waals surface area contributed by atoms with Gasteiger partial charge >= 0.3 is 0 Å². The van der Waals surface area contributed by atoms with E-state index in [1.54, 1.807) is 18.2 Å². The highest BCUT2D eigenvalue weighted by Gasteiger charge is 2.70. The maximum absolute atomic E-state index is 13.3. The Morgan fingerprint density at radius 3 is 2.63 bits per heavy atom. The van der Waals surface area contributed by atoms with Gasteiger partial charge in [-0.05, 0) is 30.5 Å². The quantitative estimate of drug-likeness (QED) is 0.775. The van der Waals surface area contributed by atoms with Crippen LogP contribution in [-0.2, 0) is 19.9 Å². The zero-order valence-corrected chi connectivity index (χ0v) is 16.5. The number of nitrogens with one attached hydrogen (secondary N) is 2. The van der Waals surface area contributed by atoms with Crippen molar-refractivity contribution in [3.8, 4) is 0 Å². The Morgan fingerprint density at radius 1 is 1.22 bits per heavy atom. The van der Waals surface area contributed by atoms with Crippen molar-refractivity contribution in [3.05, 3.63) is 28.8 Å². The monoisotopic (exact) mass is 389 g/mol. The molecule has 0 aromatic heterocycles. The fourth-order valence-corrected chi connectivity index (χ4v) is 5.05. The highest BCUT2D eigenvalue weighted by atomic mass is 35.5. The molecule has 2 fully saturated rings. The Morgan fingerprint density at radius 2 is 1.96 bits per heavy atom. The molecule has 1 spiro atoms. The minimum absolute atomic E-state index is 0.0933. The molecule has 0 unspecified atom stereocenters. The second-order valence-corrected chi connectivity index (χ2v) is 8.49. The predicted octanol–water partition coefficient (Wildman–Crippen LogP) is 2.52. The first-order valence-electron chi connectivity index (χ1n) is 9.57. The van der Waals surface area contributed by atoms with Gasteiger partial charge in [-0.2, -0.15) is 0 Å². The molecular formula is C20H24ClN3O3. The summed E-state index contributed by atoms with van der Waals surface area (Å²) in [6, 6.07) is 4.93. The third-order valence-electron chi connectivity index (χ3n) is 6.16. The van der Waals surface area contributed by atoms with Crippen LogP contribution in [-0.4, -0.2) is 35.2 Å². The Labute approximate surface area is 163 Å². The van der Waals surface area contributed by atoms with Gasteiger partial charge in [-0.3, -0.25) is 24.6 Å². The molecule has 0 bridgehead atoms. The summed E-state index contributed by atoms with van der Waals surface area (Å²) in [6.07, 6.45) is 1.65. The fraction of sp³-hybridized carbons (Fsp3) is 0.550. The van der Waals surface area contributed by atoms with Crippen LogP contribution in [0.1, 0.15) is 39.2 Å². The molecule has 1 aromatic rings. The standard InChI is InChI=1S/C20H24ClN3O3/c1-4-5-8-24-17(25)14-15(18(24)26)20(23-16(14)10(2)3)12-9-11(21)6-7-13(12)22-19(20)27/h6-7,9-10,14-16,23H,4-5,8H2,1-3H3,(H,22,27)/t14-,15-,16-,20-/m1/s1. The molecule has 2 saturated heterocycles. The smallest absolute Gasteiger partial charge is 0.250 e. The first kappa shape index (κ1) is 18.4. The summed E-state index contributed by atoms with van der Waals surface area (Å²) in [5.74, 6) is -1.88. The van der Waals surface area contributed by atoms with Crippen LogP contribution in [0, 0.1) is 17.8 Å². The number of rotatable bonds is 4. The van der Waals surface area contributed by atoms with E-state index in [0.717, 1.165) is 12.8 Å². The first-order chi connectivity index (χ1) is 12.8. The summed E-state index contributed by atoms with van der Waals surface area (Å²) in [5, 5.41) is 6.78. The number of fused-ring (bicyclic) bond motifs is 4. The van der Waals surface area contributed by atoms with Crippen molar-refractivity contribution in [2.45, 2.75) is 45.2 Å². The number of hydrogen-bond acceptors (Lipinski definition) is 4. The second-order valence-electron chi connectivity index (χ2n) is 8.05. The van der Waals surface area contributed by atoms with E-state index in [9.17, 15) is 14.4 Å². The highest BCUT2D eigenvalue weighted by Crippen LogP contribution is 2.54. The van der Waals surface area contributed by atoms with Gasteiger partial charge in [0.25, 0.3) is 0 Å². The Balaban J connectivity index is 1.86. The van der Waals surface area contributed by atoms with Crippen molar-refractivity contribution in [1.82, 2.24) is 10.2 Å². The van der Waals surface area contributed by atoms with E-state index < -0.39 is 17.4 Å². The lowest BCUT2D eigenvalue weighted by Crippen LogP contribution is -2.54. The summed E-state index contributed by atoms with van der Waals surface area (Å²) in [5.41, 5.74) is 0.0667. The third-order valence-corrected chi connectivity index (χ3v) is 6.39. The molecule has 7 heteroatoms. The average molecular weight is 390 g/mol. The molecule has 4 rings (SSSR count). The maximum atomic E-state index is 13.3. The van der Waals surface area contributed by atoms with E-state index in [-0.39, 0.29) is 29.7 Å². The van der Waals surface area contributed by atoms with Crippen LogP contribution in [0.5, 0.6) is 0 Å². The van der Waals surface area contributed by atoms with E-state index in [0.29, 0.717) is 22.8 Å². The number of amides is 3. The van der Waals surface area contributed by atoms with Gasteiger partial charge in [-0.25, -0.2) is 0 Å². The zero-order valence-electron chi connectivity index (χ0n) is 15.7. The Bertz CT molecular complexity index is 840. The number of anilines is 1. The van der Waals surface area contributed by atoms with Crippen LogP contribution in [0.15, 0.2) is 18.2 Å². The Hall–Kier alpha value is -1.92. The number of nitrogens with zero attached hydrogens (tertiary/aromatic N) is 1. The summed E-state index contributed by atoms with van der Waals surface area (Å²) < 4.78 is 0. The van der Waals surface area contributed by atoms with Crippen molar-refractivity contribution in [2.75, 3.05) is 11.9 Å². The summed E-state index contributed by atoms with van der Waals surface area (Å²) in [7, 11) is 0. The molecule has 3 heterocycles. The van der Waals surface area contributed by atoms with Gasteiger partial charge in [0.05, 0.1) is 11.8 Å². The van der Waals surface area contributed by atoms with Crippen molar-refractivity contribution in [3.63, 3.8) is 0 Å². The fourth-order valence-electron chi connectivity index (χ4n) is 4.88. The third kappa shape index (κ3) is 2.39. The normalized spacial score (nSPS) is 31.8. The summed E-state index contributed by atoms with van der Waals surface area (Å²) in [6.45, 7) is 6.44. The van der Waals surface area contributed by atoms with Crippen LogP contribution in [0.2, 0.25) is 5.02 Å². The lowest BCUT2D eigenvalue weighted by atomic mass is 9.76. The number of carbonyl (C=O) groups is 3. The van der Waals surface area contributed by atoms with Gasteiger partial charge < -0.3 is 5.32 Å². The predicted molar refractivity (Wildman–Crippen MR) is 102 cm³/mol. The summed E-state index contributed by atoms with van der Waals surface area (Å²) in [4.78, 5) is 41.0. The molecule has 3 aliphatic rings. The van der Waals surface area contributed by atoms with Crippen molar-refractivity contribution >= 4 is 35.0 Å². The first-order valence-corrected chi connectivity index (χ1v) is 9.95. The van der Waals surface area contributed by atoms with Crippen molar-refractivity contribution in [1.29, 1.82) is 0 Å². The molecule has 4 atom stereocenters. The van der Waals surface area contributed by atoms with E-state index in [4.69, 9.17) is 11.6 Å². The van der Waals surface area contributed by atoms with Gasteiger partial charge in [-0.15, -0.1) is 0 Å². The van der Waals surface area contributed by atoms with Gasteiger partial charge in [0, 0.05) is 28.9 Å². The van der Waals surface area contributed by atoms with Gasteiger partial charge in [0.15, 0.2) is 0 Å². The molecule has 0 aliphatic carbocycles. The van der Waals surface area contributed by atoms with Gasteiger partial charge in [-0.1, -0.05) is 38.8 Å². The van der Waals surface area contributed by atoms with E-state index >= 15 is 0 Å². The number of likely N-dealkylation sites (tertiary alicyclic amines) is 1. The molecule has 27 heavy (non-hydrogen) atoms. The summed E-state index contributed by atoms with van der Waals surface area (Å²) >= 11 is 6.21. The zero-order chi connectivity index (χ0) is 19.5. The van der Waals surface area contributed by atoms with Crippen LogP contribution in [0.25, 0.3) is 0 Å². The lowest BCUT2D eigenvalue weighted by Gasteiger charge is -2.30. The second kappa shape index (κ2) is 6.31. The molecule has 144 valence electrons. The molecule has 3 amide bonds. The van der Waals surface area contributed by atoms with Crippen LogP contribution >= 0.6 is 11.6 Å². The minimum atomic E-state index is -1.24. The van der Waals surface area contributed by atoms with E-state index in [2.05, 4.69) is 10.6 Å². The minimum Gasteiger partial charge on any atom is -0.324 e. The number of hydrogen-bond donors (Lipinski definition) is 2. The lowest BCUT2D eigenvalue weighted by molar-refractivity contribution is -0.143.